The van der Waals surface area contributed by atoms with Crippen LogP contribution in [0.1, 0.15) is 51.2 Å². The Bertz CT molecular complexity index is 1560. The van der Waals surface area contributed by atoms with Gasteiger partial charge in [-0.3, -0.25) is 14.8 Å². The van der Waals surface area contributed by atoms with Gasteiger partial charge in [-0.2, -0.15) is 26.3 Å². The maximum Gasteiger partial charge on any atom is 0.416 e. The normalized spacial score (nSPS) is 12.3. The van der Waals surface area contributed by atoms with Crippen molar-refractivity contribution in [3.63, 3.8) is 0 Å². The molecule has 5 nitrogen and oxygen atoms in total. The zero-order valence-corrected chi connectivity index (χ0v) is 26.3. The van der Waals surface area contributed by atoms with Crippen molar-refractivity contribution in [3.05, 3.63) is 136 Å². The molecule has 47 heavy (non-hydrogen) atoms. The summed E-state index contributed by atoms with van der Waals surface area (Å²) in [5.74, 6) is 0. The summed E-state index contributed by atoms with van der Waals surface area (Å²) in [4.78, 5) is 8.93. The molecule has 1 heterocycles. The molecule has 4 aromatic rings. The van der Waals surface area contributed by atoms with E-state index in [2.05, 4.69) is 5.32 Å². The Balaban J connectivity index is 1.54. The average molecular weight is 659 g/mol. The fourth-order valence-electron chi connectivity index (χ4n) is 5.39. The van der Waals surface area contributed by atoms with Crippen LogP contribution in [-0.4, -0.2) is 46.1 Å². The molecule has 11 heteroatoms. The lowest BCUT2D eigenvalue weighted by Gasteiger charge is -2.25. The van der Waals surface area contributed by atoms with Crippen molar-refractivity contribution in [1.29, 1.82) is 0 Å². The summed E-state index contributed by atoms with van der Waals surface area (Å²) in [5, 5.41) is 12.3. The predicted molar refractivity (Wildman–Crippen MR) is 170 cm³/mol. The van der Waals surface area contributed by atoms with Crippen molar-refractivity contribution in [1.82, 2.24) is 20.1 Å². The van der Waals surface area contributed by atoms with Crippen LogP contribution in [0.15, 0.2) is 91.0 Å². The smallest absolute Gasteiger partial charge is 0.396 e. The van der Waals surface area contributed by atoms with Crippen molar-refractivity contribution in [3.8, 4) is 0 Å². The number of benzene rings is 3. The van der Waals surface area contributed by atoms with Gasteiger partial charge in [-0.15, -0.1) is 0 Å². The first-order valence-electron chi connectivity index (χ1n) is 15.5. The van der Waals surface area contributed by atoms with Crippen molar-refractivity contribution in [2.45, 2.75) is 58.4 Å². The van der Waals surface area contributed by atoms with Crippen molar-refractivity contribution in [2.24, 2.45) is 0 Å². The molecule has 0 fully saturated rings. The predicted octanol–water partition coefficient (Wildman–Crippen LogP) is 7.60. The Morgan fingerprint density at radius 3 is 1.64 bits per heavy atom. The lowest BCUT2D eigenvalue weighted by Crippen LogP contribution is -2.32. The number of alkyl halides is 6. The number of hydrogen-bond acceptors (Lipinski definition) is 5. The Labute approximate surface area is 271 Å². The number of aromatic nitrogens is 1. The van der Waals surface area contributed by atoms with E-state index in [0.717, 1.165) is 40.7 Å². The highest BCUT2D eigenvalue weighted by Gasteiger charge is 2.31. The first kappa shape index (κ1) is 36.1. The SMILES string of the molecule is Cc1cccc(CN(Cc2cccc(C(F)(F)F)c2)Cc2cccc(CN(CCNCCCO)Cc3cccc(C(F)(F)F)c3)n2)c1. The maximum atomic E-state index is 13.4. The Kier molecular flexibility index (Phi) is 12.9. The molecule has 1 aromatic heterocycles. The molecule has 0 atom stereocenters. The second-order valence-electron chi connectivity index (χ2n) is 11.7. The number of rotatable bonds is 16. The van der Waals surface area contributed by atoms with E-state index in [-0.39, 0.29) is 19.7 Å². The molecular formula is C36H40F6N4O. The summed E-state index contributed by atoms with van der Waals surface area (Å²) in [6, 6.07) is 24.2. The fourth-order valence-corrected chi connectivity index (χ4v) is 5.39. The first-order chi connectivity index (χ1) is 22.4. The minimum Gasteiger partial charge on any atom is -0.396 e. The van der Waals surface area contributed by atoms with Gasteiger partial charge in [0, 0.05) is 52.4 Å². The highest BCUT2D eigenvalue weighted by molar-refractivity contribution is 5.27. The zero-order valence-electron chi connectivity index (χ0n) is 26.3. The van der Waals surface area contributed by atoms with Gasteiger partial charge in [0.05, 0.1) is 22.5 Å². The Morgan fingerprint density at radius 1 is 0.617 bits per heavy atom. The highest BCUT2D eigenvalue weighted by atomic mass is 19.4. The summed E-state index contributed by atoms with van der Waals surface area (Å²) < 4.78 is 80.5. The van der Waals surface area contributed by atoms with Crippen molar-refractivity contribution >= 4 is 0 Å². The van der Waals surface area contributed by atoms with Gasteiger partial charge in [0.15, 0.2) is 0 Å². The standard InChI is InChI=1S/C36H40F6N4O/c1-27-7-2-8-28(19-27)23-46(24-30-10-4-12-32(21-30)36(40,41)42)26-34-14-5-13-33(44-34)25-45(17-16-43-15-6-18-47)22-29-9-3-11-31(20-29)35(37,38)39/h2-5,7-14,19-21,43,47H,6,15-18,22-26H2,1H3. The van der Waals surface area contributed by atoms with Crippen LogP contribution >= 0.6 is 0 Å². The summed E-state index contributed by atoms with van der Waals surface area (Å²) in [6.07, 6.45) is -8.29. The quantitative estimate of drug-likeness (QED) is 0.0960. The van der Waals surface area contributed by atoms with E-state index < -0.39 is 23.5 Å². The molecule has 0 aliphatic heterocycles. The molecule has 0 aliphatic carbocycles. The molecule has 0 spiro atoms. The Morgan fingerprint density at radius 2 is 1.11 bits per heavy atom. The van der Waals surface area contributed by atoms with Crippen LogP contribution in [0.5, 0.6) is 0 Å². The molecule has 0 amide bonds. The number of aryl methyl sites for hydroxylation is 1. The number of pyridine rings is 1. The molecule has 0 radical (unpaired) electrons. The molecule has 3 aromatic carbocycles. The number of nitrogens with zero attached hydrogens (tertiary/aromatic N) is 3. The lowest BCUT2D eigenvalue weighted by atomic mass is 10.1. The van der Waals surface area contributed by atoms with Crippen LogP contribution in [0.2, 0.25) is 0 Å². The third kappa shape index (κ3) is 12.1. The Hall–Kier alpha value is -3.77. The molecule has 252 valence electrons. The third-order valence-corrected chi connectivity index (χ3v) is 7.56. The monoisotopic (exact) mass is 658 g/mol. The molecule has 4 rings (SSSR count). The van der Waals surface area contributed by atoms with Crippen LogP contribution in [0, 0.1) is 6.92 Å². The van der Waals surface area contributed by atoms with Gasteiger partial charge in [0.1, 0.15) is 0 Å². The zero-order chi connectivity index (χ0) is 33.9. The van der Waals surface area contributed by atoms with Gasteiger partial charge in [-0.05, 0) is 60.8 Å². The largest absolute Gasteiger partial charge is 0.416 e. The number of hydrogen-bond donors (Lipinski definition) is 2. The van der Waals surface area contributed by atoms with Crippen molar-refractivity contribution in [2.75, 3.05) is 26.2 Å². The van der Waals surface area contributed by atoms with Crippen LogP contribution in [0.4, 0.5) is 26.3 Å². The van der Waals surface area contributed by atoms with E-state index in [1.165, 1.54) is 18.2 Å². The molecule has 0 saturated heterocycles. The maximum absolute atomic E-state index is 13.4. The van der Waals surface area contributed by atoms with Gasteiger partial charge in [0.2, 0.25) is 0 Å². The molecule has 0 aliphatic rings. The first-order valence-corrected chi connectivity index (χ1v) is 15.5. The topological polar surface area (TPSA) is 51.6 Å². The summed E-state index contributed by atoms with van der Waals surface area (Å²) in [7, 11) is 0. The summed E-state index contributed by atoms with van der Waals surface area (Å²) in [6.45, 7) is 5.53. The molecular weight excluding hydrogens is 618 g/mol. The number of halogens is 6. The van der Waals surface area contributed by atoms with Gasteiger partial charge >= 0.3 is 12.4 Å². The van der Waals surface area contributed by atoms with Gasteiger partial charge in [-0.1, -0.05) is 72.3 Å². The van der Waals surface area contributed by atoms with Gasteiger partial charge in [-0.25, -0.2) is 0 Å². The van der Waals surface area contributed by atoms with E-state index in [4.69, 9.17) is 10.1 Å². The number of aliphatic hydroxyl groups excluding tert-OH is 1. The second-order valence-corrected chi connectivity index (χ2v) is 11.7. The summed E-state index contributed by atoms with van der Waals surface area (Å²) >= 11 is 0. The van der Waals surface area contributed by atoms with E-state index in [1.807, 2.05) is 59.2 Å². The number of nitrogens with one attached hydrogen (secondary N) is 1. The highest BCUT2D eigenvalue weighted by Crippen LogP contribution is 2.31. The lowest BCUT2D eigenvalue weighted by molar-refractivity contribution is -0.138. The minimum absolute atomic E-state index is 0.0618. The van der Waals surface area contributed by atoms with E-state index in [0.29, 0.717) is 56.8 Å². The van der Waals surface area contributed by atoms with E-state index >= 15 is 0 Å². The van der Waals surface area contributed by atoms with Crippen LogP contribution in [0.25, 0.3) is 0 Å². The third-order valence-electron chi connectivity index (χ3n) is 7.56. The fraction of sp³-hybridized carbons (Fsp3) is 0.361. The second kappa shape index (κ2) is 16.9. The summed E-state index contributed by atoms with van der Waals surface area (Å²) in [5.41, 5.74) is 3.20. The van der Waals surface area contributed by atoms with Crippen molar-refractivity contribution < 1.29 is 31.4 Å². The van der Waals surface area contributed by atoms with Gasteiger partial charge < -0.3 is 10.4 Å². The minimum atomic E-state index is -4.44. The van der Waals surface area contributed by atoms with Crippen LogP contribution < -0.4 is 5.32 Å². The van der Waals surface area contributed by atoms with Crippen LogP contribution in [-0.2, 0) is 45.1 Å². The van der Waals surface area contributed by atoms with Gasteiger partial charge in [0.25, 0.3) is 0 Å². The molecule has 0 unspecified atom stereocenters. The average Bonchev–Trinajstić information content (AvgIpc) is 3.00. The number of aliphatic hydroxyl groups is 1. The van der Waals surface area contributed by atoms with E-state index in [9.17, 15) is 26.3 Å². The molecule has 0 saturated carbocycles. The van der Waals surface area contributed by atoms with Crippen LogP contribution in [0.3, 0.4) is 0 Å². The van der Waals surface area contributed by atoms with E-state index in [1.54, 1.807) is 12.1 Å². The molecule has 2 N–H and O–H groups in total. The molecule has 0 bridgehead atoms.